The molecule has 1 amide bonds. The molecule has 0 fully saturated rings. The van der Waals surface area contributed by atoms with Gasteiger partial charge in [0.1, 0.15) is 22.6 Å². The van der Waals surface area contributed by atoms with Crippen LogP contribution in [-0.4, -0.2) is 25.9 Å². The number of amides is 1. The number of nitrogens with one attached hydrogen (secondary N) is 1. The summed E-state index contributed by atoms with van der Waals surface area (Å²) in [7, 11) is 2.99. The third-order valence-electron chi connectivity index (χ3n) is 5.37. The SMILES string of the molecule is COc1cccc(OC)c1C(=O)Nc1ccc2c(C)c(C(=O)c3ccc(C)cc3)oc2c1. The zero-order valence-corrected chi connectivity index (χ0v) is 18.3. The van der Waals surface area contributed by atoms with E-state index in [-0.39, 0.29) is 11.7 Å². The Balaban J connectivity index is 1.66. The van der Waals surface area contributed by atoms with Crippen LogP contribution < -0.4 is 14.8 Å². The highest BCUT2D eigenvalue weighted by molar-refractivity contribution is 6.11. The molecule has 3 aromatic carbocycles. The van der Waals surface area contributed by atoms with E-state index >= 15 is 0 Å². The number of methoxy groups -OCH3 is 2. The maximum atomic E-state index is 12.9. The Morgan fingerprint density at radius 2 is 1.53 bits per heavy atom. The van der Waals surface area contributed by atoms with Gasteiger partial charge in [-0.3, -0.25) is 9.59 Å². The van der Waals surface area contributed by atoms with E-state index in [1.54, 1.807) is 42.5 Å². The van der Waals surface area contributed by atoms with Crippen LogP contribution >= 0.6 is 0 Å². The molecule has 162 valence electrons. The van der Waals surface area contributed by atoms with Crippen molar-refractivity contribution in [3.63, 3.8) is 0 Å². The first-order valence-electron chi connectivity index (χ1n) is 10.1. The molecule has 0 atom stereocenters. The average Bonchev–Trinajstić information content (AvgIpc) is 3.14. The number of carbonyl (C=O) groups is 2. The smallest absolute Gasteiger partial charge is 0.263 e. The first kappa shape index (κ1) is 21.2. The zero-order valence-electron chi connectivity index (χ0n) is 18.3. The molecule has 1 heterocycles. The van der Waals surface area contributed by atoms with Crippen molar-refractivity contribution in [1.29, 1.82) is 0 Å². The van der Waals surface area contributed by atoms with Crippen molar-refractivity contribution < 1.29 is 23.5 Å². The van der Waals surface area contributed by atoms with Gasteiger partial charge in [0.05, 0.1) is 14.2 Å². The van der Waals surface area contributed by atoms with E-state index in [0.29, 0.717) is 39.7 Å². The van der Waals surface area contributed by atoms with Crippen LogP contribution in [0.2, 0.25) is 0 Å². The van der Waals surface area contributed by atoms with Gasteiger partial charge in [0.2, 0.25) is 5.78 Å². The fraction of sp³-hybridized carbons (Fsp3) is 0.154. The maximum absolute atomic E-state index is 12.9. The van der Waals surface area contributed by atoms with E-state index in [0.717, 1.165) is 16.5 Å². The monoisotopic (exact) mass is 429 g/mol. The second-order valence-corrected chi connectivity index (χ2v) is 7.45. The second-order valence-electron chi connectivity index (χ2n) is 7.45. The van der Waals surface area contributed by atoms with Crippen LogP contribution in [-0.2, 0) is 0 Å². The van der Waals surface area contributed by atoms with Crippen molar-refractivity contribution in [2.24, 2.45) is 0 Å². The standard InChI is InChI=1S/C26H23NO5/c1-15-8-10-17(11-9-15)24(28)25-16(2)19-13-12-18(14-22(19)32-25)27-26(29)23-20(30-3)6-5-7-21(23)31-4/h5-14H,1-4H3,(H,27,29). The largest absolute Gasteiger partial charge is 0.496 e. The van der Waals surface area contributed by atoms with Gasteiger partial charge in [-0.1, -0.05) is 35.9 Å². The van der Waals surface area contributed by atoms with E-state index < -0.39 is 0 Å². The summed E-state index contributed by atoms with van der Waals surface area (Å²) in [5.41, 5.74) is 3.74. The number of rotatable bonds is 6. The third-order valence-corrected chi connectivity index (χ3v) is 5.37. The lowest BCUT2D eigenvalue weighted by molar-refractivity contribution is 0.100. The van der Waals surface area contributed by atoms with Gasteiger partial charge in [-0.2, -0.15) is 0 Å². The van der Waals surface area contributed by atoms with Gasteiger partial charge in [0.25, 0.3) is 5.91 Å². The number of ether oxygens (including phenoxy) is 2. The second kappa shape index (κ2) is 8.59. The Hall–Kier alpha value is -4.06. The summed E-state index contributed by atoms with van der Waals surface area (Å²) >= 11 is 0. The molecule has 4 aromatic rings. The van der Waals surface area contributed by atoms with E-state index in [9.17, 15) is 9.59 Å². The lowest BCUT2D eigenvalue weighted by Crippen LogP contribution is -2.14. The summed E-state index contributed by atoms with van der Waals surface area (Å²) in [5.74, 6) is 0.546. The number of hydrogen-bond acceptors (Lipinski definition) is 5. The van der Waals surface area contributed by atoms with Crippen molar-refractivity contribution >= 4 is 28.3 Å². The maximum Gasteiger partial charge on any atom is 0.263 e. The number of furan rings is 1. The topological polar surface area (TPSA) is 77.8 Å². The first-order valence-corrected chi connectivity index (χ1v) is 10.1. The number of hydrogen-bond donors (Lipinski definition) is 1. The molecule has 0 bridgehead atoms. The molecular formula is C26H23NO5. The molecule has 0 unspecified atom stereocenters. The number of ketones is 1. The molecule has 6 nitrogen and oxygen atoms in total. The minimum absolute atomic E-state index is 0.178. The molecule has 0 radical (unpaired) electrons. The predicted molar refractivity (Wildman–Crippen MR) is 123 cm³/mol. The quantitative estimate of drug-likeness (QED) is 0.407. The first-order chi connectivity index (χ1) is 15.4. The number of benzene rings is 3. The molecule has 1 aromatic heterocycles. The van der Waals surface area contributed by atoms with E-state index in [1.165, 1.54) is 14.2 Å². The van der Waals surface area contributed by atoms with Crippen LogP contribution in [0.25, 0.3) is 11.0 Å². The van der Waals surface area contributed by atoms with E-state index in [4.69, 9.17) is 13.9 Å². The number of fused-ring (bicyclic) bond motifs is 1. The molecule has 0 aliphatic carbocycles. The molecule has 4 rings (SSSR count). The summed E-state index contributed by atoms with van der Waals surface area (Å²) in [6.45, 7) is 3.82. The molecular weight excluding hydrogens is 406 g/mol. The summed E-state index contributed by atoms with van der Waals surface area (Å²) in [5, 5.41) is 3.67. The Bertz CT molecular complexity index is 1300. The summed E-state index contributed by atoms with van der Waals surface area (Å²) < 4.78 is 16.5. The van der Waals surface area contributed by atoms with Crippen LogP contribution in [0.3, 0.4) is 0 Å². The van der Waals surface area contributed by atoms with Gasteiger partial charge >= 0.3 is 0 Å². The number of anilines is 1. The Morgan fingerprint density at radius 1 is 0.875 bits per heavy atom. The zero-order chi connectivity index (χ0) is 22.8. The lowest BCUT2D eigenvalue weighted by atomic mass is 10.0. The summed E-state index contributed by atoms with van der Waals surface area (Å²) in [6.07, 6.45) is 0. The molecule has 0 saturated carbocycles. The minimum Gasteiger partial charge on any atom is -0.496 e. The molecule has 0 spiro atoms. The highest BCUT2D eigenvalue weighted by Gasteiger charge is 2.21. The number of carbonyl (C=O) groups excluding carboxylic acids is 2. The third kappa shape index (κ3) is 3.83. The van der Waals surface area contributed by atoms with Crippen molar-refractivity contribution in [2.45, 2.75) is 13.8 Å². The van der Waals surface area contributed by atoms with Crippen LogP contribution in [0.15, 0.2) is 65.1 Å². The van der Waals surface area contributed by atoms with Gasteiger partial charge in [0.15, 0.2) is 5.76 Å². The fourth-order valence-corrected chi connectivity index (χ4v) is 3.62. The van der Waals surface area contributed by atoms with Gasteiger partial charge in [-0.25, -0.2) is 0 Å². The van der Waals surface area contributed by atoms with Gasteiger partial charge in [-0.15, -0.1) is 0 Å². The van der Waals surface area contributed by atoms with E-state index in [2.05, 4.69) is 5.32 Å². The highest BCUT2D eigenvalue weighted by Crippen LogP contribution is 2.32. The lowest BCUT2D eigenvalue weighted by Gasteiger charge is -2.13. The van der Waals surface area contributed by atoms with Crippen LogP contribution in [0.5, 0.6) is 11.5 Å². The van der Waals surface area contributed by atoms with Crippen LogP contribution in [0.1, 0.15) is 37.6 Å². The van der Waals surface area contributed by atoms with Gasteiger partial charge < -0.3 is 19.2 Å². The molecule has 1 N–H and O–H groups in total. The van der Waals surface area contributed by atoms with Crippen LogP contribution in [0.4, 0.5) is 5.69 Å². The van der Waals surface area contributed by atoms with Crippen molar-refractivity contribution in [3.8, 4) is 11.5 Å². The summed E-state index contributed by atoms with van der Waals surface area (Å²) in [4.78, 5) is 25.9. The molecule has 0 saturated heterocycles. The highest BCUT2D eigenvalue weighted by atomic mass is 16.5. The van der Waals surface area contributed by atoms with Crippen LogP contribution in [0, 0.1) is 13.8 Å². The predicted octanol–water partition coefficient (Wildman–Crippen LogP) is 5.55. The van der Waals surface area contributed by atoms with Crippen molar-refractivity contribution in [3.05, 3.63) is 88.7 Å². The summed E-state index contributed by atoms with van der Waals surface area (Å²) in [6, 6.07) is 17.8. The van der Waals surface area contributed by atoms with Gasteiger partial charge in [-0.05, 0) is 38.1 Å². The average molecular weight is 429 g/mol. The van der Waals surface area contributed by atoms with E-state index in [1.807, 2.05) is 32.0 Å². The van der Waals surface area contributed by atoms with Crippen molar-refractivity contribution in [2.75, 3.05) is 19.5 Å². The Labute approximate surface area is 185 Å². The minimum atomic E-state index is -0.377. The molecule has 6 heteroatoms. The fourth-order valence-electron chi connectivity index (χ4n) is 3.62. The molecule has 0 aliphatic heterocycles. The Morgan fingerprint density at radius 3 is 2.16 bits per heavy atom. The number of aryl methyl sites for hydroxylation is 2. The van der Waals surface area contributed by atoms with Crippen molar-refractivity contribution in [1.82, 2.24) is 0 Å². The molecule has 0 aliphatic rings. The Kier molecular flexibility index (Phi) is 5.69. The normalized spacial score (nSPS) is 10.8. The van der Waals surface area contributed by atoms with Gasteiger partial charge in [0, 0.05) is 28.3 Å². The molecule has 32 heavy (non-hydrogen) atoms.